The number of rotatable bonds is 4. The van der Waals surface area contributed by atoms with Crippen molar-refractivity contribution in [1.82, 2.24) is 14.5 Å². The summed E-state index contributed by atoms with van der Waals surface area (Å²) in [6.45, 7) is 4.32. The Hall–Kier alpha value is -3.02. The predicted molar refractivity (Wildman–Crippen MR) is 129 cm³/mol. The molecule has 1 N–H and O–H groups in total. The summed E-state index contributed by atoms with van der Waals surface area (Å²) in [5, 5.41) is 5.42. The lowest BCUT2D eigenvalue weighted by Crippen LogP contribution is -2.17. The van der Waals surface area contributed by atoms with E-state index in [2.05, 4.69) is 29.1 Å². The van der Waals surface area contributed by atoms with E-state index in [9.17, 15) is 4.79 Å². The van der Waals surface area contributed by atoms with Gasteiger partial charge in [0.15, 0.2) is 0 Å². The maximum absolute atomic E-state index is 12.9. The zero-order valence-electron chi connectivity index (χ0n) is 18.3. The standard InChI is InChI=1S/C26H26ClN3O2/c1-17-3-4-18(23(27)13-17)16-32-20-9-12-30(26(31)15-20)19-5-6-21-22-7-10-28-11-8-24(22)29(2)25(21)14-19/h3-6,9,12-15,28H,7-8,10-11,16H2,1-2H3. The highest BCUT2D eigenvalue weighted by molar-refractivity contribution is 6.31. The van der Waals surface area contributed by atoms with Gasteiger partial charge in [0.1, 0.15) is 12.4 Å². The number of hydrogen-bond donors (Lipinski definition) is 1. The van der Waals surface area contributed by atoms with Gasteiger partial charge in [-0.3, -0.25) is 9.36 Å². The van der Waals surface area contributed by atoms with Gasteiger partial charge in [0.05, 0.1) is 11.2 Å². The van der Waals surface area contributed by atoms with Gasteiger partial charge >= 0.3 is 0 Å². The molecule has 0 amide bonds. The van der Waals surface area contributed by atoms with Crippen LogP contribution in [0.2, 0.25) is 5.02 Å². The van der Waals surface area contributed by atoms with Gasteiger partial charge in [0.25, 0.3) is 5.56 Å². The van der Waals surface area contributed by atoms with Crippen LogP contribution in [0.25, 0.3) is 16.6 Å². The molecule has 0 atom stereocenters. The predicted octanol–water partition coefficient (Wildman–Crippen LogP) is 4.56. The minimum absolute atomic E-state index is 0.128. The normalized spacial score (nSPS) is 13.7. The van der Waals surface area contributed by atoms with Crippen LogP contribution in [0.1, 0.15) is 22.4 Å². The monoisotopic (exact) mass is 447 g/mol. The smallest absolute Gasteiger partial charge is 0.258 e. The Morgan fingerprint density at radius 3 is 2.72 bits per heavy atom. The Labute approximate surface area is 192 Å². The summed E-state index contributed by atoms with van der Waals surface area (Å²) in [5.41, 5.74) is 6.69. The third kappa shape index (κ3) is 3.83. The van der Waals surface area contributed by atoms with Crippen LogP contribution in [0.5, 0.6) is 5.75 Å². The Kier molecular flexibility index (Phi) is 5.53. The van der Waals surface area contributed by atoms with E-state index < -0.39 is 0 Å². The van der Waals surface area contributed by atoms with E-state index in [4.69, 9.17) is 16.3 Å². The summed E-state index contributed by atoms with van der Waals surface area (Å²) < 4.78 is 9.76. The quantitative estimate of drug-likeness (QED) is 0.499. The summed E-state index contributed by atoms with van der Waals surface area (Å²) in [7, 11) is 2.12. The van der Waals surface area contributed by atoms with Crippen molar-refractivity contribution in [3.63, 3.8) is 0 Å². The van der Waals surface area contributed by atoms with Crippen molar-refractivity contribution in [3.05, 3.63) is 92.5 Å². The van der Waals surface area contributed by atoms with Crippen molar-refractivity contribution >= 4 is 22.5 Å². The fourth-order valence-corrected chi connectivity index (χ4v) is 4.83. The first-order chi connectivity index (χ1) is 15.5. The van der Waals surface area contributed by atoms with E-state index >= 15 is 0 Å². The number of aromatic nitrogens is 2. The van der Waals surface area contributed by atoms with Gasteiger partial charge in [-0.2, -0.15) is 0 Å². The molecule has 0 unspecified atom stereocenters. The summed E-state index contributed by atoms with van der Waals surface area (Å²) in [6.07, 6.45) is 3.82. The maximum atomic E-state index is 12.9. The number of ether oxygens (including phenoxy) is 1. The summed E-state index contributed by atoms with van der Waals surface area (Å²) >= 11 is 6.29. The lowest BCUT2D eigenvalue weighted by atomic mass is 10.1. The van der Waals surface area contributed by atoms with Crippen LogP contribution in [0, 0.1) is 6.92 Å². The minimum Gasteiger partial charge on any atom is -0.489 e. The van der Waals surface area contributed by atoms with Crippen molar-refractivity contribution in [1.29, 1.82) is 0 Å². The number of fused-ring (bicyclic) bond motifs is 3. The van der Waals surface area contributed by atoms with Gasteiger partial charge in [-0.05, 0) is 55.3 Å². The number of nitrogens with zero attached hydrogens (tertiary/aromatic N) is 2. The molecular formula is C26H26ClN3O2. The molecule has 2 aromatic carbocycles. The number of halogens is 1. The van der Waals surface area contributed by atoms with Crippen LogP contribution in [0.4, 0.5) is 0 Å². The molecule has 0 bridgehead atoms. The molecular weight excluding hydrogens is 422 g/mol. The Morgan fingerprint density at radius 1 is 1.06 bits per heavy atom. The molecule has 5 nitrogen and oxygen atoms in total. The first kappa shape index (κ1) is 20.9. The topological polar surface area (TPSA) is 48.2 Å². The molecule has 164 valence electrons. The second-order valence-corrected chi connectivity index (χ2v) is 8.80. The van der Waals surface area contributed by atoms with Crippen molar-refractivity contribution in [2.75, 3.05) is 13.1 Å². The molecule has 0 radical (unpaired) electrons. The fourth-order valence-electron chi connectivity index (χ4n) is 4.54. The molecule has 2 aromatic heterocycles. The van der Waals surface area contributed by atoms with E-state index in [1.54, 1.807) is 10.8 Å². The molecule has 1 aliphatic heterocycles. The number of benzene rings is 2. The van der Waals surface area contributed by atoms with Crippen molar-refractivity contribution in [2.24, 2.45) is 7.05 Å². The SMILES string of the molecule is Cc1ccc(COc2ccn(-c3ccc4c5c(n(C)c4c3)CCNCC5)c(=O)c2)c(Cl)c1. The lowest BCUT2D eigenvalue weighted by molar-refractivity contribution is 0.305. The summed E-state index contributed by atoms with van der Waals surface area (Å²) in [6, 6.07) is 15.5. The molecule has 5 rings (SSSR count). The van der Waals surface area contributed by atoms with Crippen molar-refractivity contribution in [3.8, 4) is 11.4 Å². The number of nitrogens with one attached hydrogen (secondary N) is 1. The molecule has 3 heterocycles. The van der Waals surface area contributed by atoms with Gasteiger partial charge in [-0.15, -0.1) is 0 Å². The van der Waals surface area contributed by atoms with Gasteiger partial charge in [0.2, 0.25) is 0 Å². The Bertz CT molecular complexity index is 1370. The number of pyridine rings is 1. The average molecular weight is 448 g/mol. The number of aryl methyl sites for hydroxylation is 2. The van der Waals surface area contributed by atoms with Crippen LogP contribution in [-0.4, -0.2) is 22.2 Å². The summed E-state index contributed by atoms with van der Waals surface area (Å²) in [4.78, 5) is 12.9. The zero-order valence-corrected chi connectivity index (χ0v) is 19.1. The fraction of sp³-hybridized carbons (Fsp3) is 0.269. The first-order valence-corrected chi connectivity index (χ1v) is 11.3. The van der Waals surface area contributed by atoms with Gasteiger partial charge in [-0.25, -0.2) is 0 Å². The van der Waals surface area contributed by atoms with Crippen LogP contribution in [0.3, 0.4) is 0 Å². The molecule has 0 spiro atoms. The highest BCUT2D eigenvalue weighted by Gasteiger charge is 2.17. The second-order valence-electron chi connectivity index (χ2n) is 8.39. The van der Waals surface area contributed by atoms with Crippen LogP contribution in [0.15, 0.2) is 59.5 Å². The van der Waals surface area contributed by atoms with Gasteiger partial charge in [0, 0.05) is 53.9 Å². The van der Waals surface area contributed by atoms with Crippen LogP contribution in [-0.2, 0) is 26.5 Å². The zero-order chi connectivity index (χ0) is 22.2. The molecule has 0 fully saturated rings. The Morgan fingerprint density at radius 2 is 1.91 bits per heavy atom. The van der Waals surface area contributed by atoms with Crippen LogP contribution >= 0.6 is 11.6 Å². The first-order valence-electron chi connectivity index (χ1n) is 10.9. The molecule has 0 saturated carbocycles. The Balaban J connectivity index is 1.42. The second kappa shape index (κ2) is 8.49. The molecule has 0 aliphatic carbocycles. The third-order valence-electron chi connectivity index (χ3n) is 6.28. The molecule has 32 heavy (non-hydrogen) atoms. The van der Waals surface area contributed by atoms with Gasteiger partial charge < -0.3 is 14.6 Å². The van der Waals surface area contributed by atoms with Crippen molar-refractivity contribution in [2.45, 2.75) is 26.4 Å². The van der Waals surface area contributed by atoms with Crippen molar-refractivity contribution < 1.29 is 4.74 Å². The van der Waals surface area contributed by atoms with E-state index in [0.717, 1.165) is 48.3 Å². The average Bonchev–Trinajstić information content (AvgIpc) is 2.93. The largest absolute Gasteiger partial charge is 0.489 e. The highest BCUT2D eigenvalue weighted by Crippen LogP contribution is 2.29. The number of hydrogen-bond acceptors (Lipinski definition) is 3. The van der Waals surface area contributed by atoms with Gasteiger partial charge in [-0.1, -0.05) is 29.8 Å². The summed E-state index contributed by atoms with van der Waals surface area (Å²) in [5.74, 6) is 0.530. The third-order valence-corrected chi connectivity index (χ3v) is 6.64. The molecule has 0 saturated heterocycles. The van der Waals surface area contributed by atoms with E-state index in [0.29, 0.717) is 17.4 Å². The molecule has 4 aromatic rings. The van der Waals surface area contributed by atoms with Crippen LogP contribution < -0.4 is 15.6 Å². The maximum Gasteiger partial charge on any atom is 0.258 e. The molecule has 6 heteroatoms. The molecule has 1 aliphatic rings. The van der Waals surface area contributed by atoms with E-state index in [-0.39, 0.29) is 5.56 Å². The highest BCUT2D eigenvalue weighted by atomic mass is 35.5. The van der Waals surface area contributed by atoms with E-state index in [1.165, 1.54) is 22.7 Å². The lowest BCUT2D eigenvalue weighted by Gasteiger charge is -2.11. The van der Waals surface area contributed by atoms with E-state index in [1.807, 2.05) is 37.3 Å². The minimum atomic E-state index is -0.128.